The highest BCUT2D eigenvalue weighted by Crippen LogP contribution is 2.31. The summed E-state index contributed by atoms with van der Waals surface area (Å²) in [6.07, 6.45) is 6.72. The van der Waals surface area contributed by atoms with E-state index in [9.17, 15) is 19.5 Å². The number of nitrogens with zero attached hydrogens (tertiary/aromatic N) is 3. The number of carbonyl (C=O) groups excluding carboxylic acids is 3. The Kier molecular flexibility index (Phi) is 11.0. The Bertz CT molecular complexity index is 1900. The van der Waals surface area contributed by atoms with Crippen LogP contribution < -0.4 is 15.0 Å². The van der Waals surface area contributed by atoms with Crippen LogP contribution in [0.4, 0.5) is 5.69 Å². The lowest BCUT2D eigenvalue weighted by atomic mass is 9.96. The molecule has 2 N–H and O–H groups in total. The molecule has 3 amide bonds. The van der Waals surface area contributed by atoms with Gasteiger partial charge in [0.2, 0.25) is 11.8 Å². The molecule has 2 saturated heterocycles. The van der Waals surface area contributed by atoms with Gasteiger partial charge in [0, 0.05) is 50.4 Å². The number of aryl methyl sites for hydroxylation is 1. The number of nitrogens with one attached hydrogen (secondary N) is 1. The molecule has 0 unspecified atom stereocenters. The molecule has 9 nitrogen and oxygen atoms in total. The maximum absolute atomic E-state index is 13.1. The van der Waals surface area contributed by atoms with Crippen LogP contribution in [0.2, 0.25) is 0 Å². The number of imide groups is 1. The van der Waals surface area contributed by atoms with Gasteiger partial charge in [0.05, 0.1) is 6.61 Å². The van der Waals surface area contributed by atoms with E-state index in [1.165, 1.54) is 16.7 Å². The molecule has 3 aliphatic heterocycles. The van der Waals surface area contributed by atoms with Crippen molar-refractivity contribution in [3.8, 4) is 11.5 Å². The summed E-state index contributed by atoms with van der Waals surface area (Å²) in [5, 5.41) is 12.0. The summed E-state index contributed by atoms with van der Waals surface area (Å²) in [5.74, 6) is 0.384. The highest BCUT2D eigenvalue weighted by Gasteiger charge is 2.39. The normalized spacial score (nSPS) is 18.0. The van der Waals surface area contributed by atoms with Gasteiger partial charge >= 0.3 is 0 Å². The molecule has 0 radical (unpaired) electrons. The maximum Gasteiger partial charge on any atom is 0.255 e. The van der Waals surface area contributed by atoms with Gasteiger partial charge in [-0.15, -0.1) is 0 Å². The van der Waals surface area contributed by atoms with Gasteiger partial charge in [-0.05, 0) is 109 Å². The molecule has 4 aromatic carbocycles. The van der Waals surface area contributed by atoms with Crippen molar-refractivity contribution in [3.63, 3.8) is 0 Å². The number of unbranched alkanes of at least 4 members (excludes halogenated alkanes) is 1. The minimum absolute atomic E-state index is 0.134. The lowest BCUT2D eigenvalue weighted by Gasteiger charge is -2.36. The third-order valence-electron chi connectivity index (χ3n) is 10.4. The van der Waals surface area contributed by atoms with Gasteiger partial charge in [0.15, 0.2) is 0 Å². The first-order valence-electron chi connectivity index (χ1n) is 18.4. The Balaban J connectivity index is 0.835. The summed E-state index contributed by atoms with van der Waals surface area (Å²) < 4.78 is 6.10. The standard InChI is InChI=1S/C43H46N4O5/c48-37-15-9-31(10-16-37)8-13-34(33-6-2-1-3-7-33)28-32-11-17-38(18-12-32)52-27-5-4-22-45-23-25-46(26-24-45)36-14-19-39-35(29-36)30-47(43(39)51)40-20-21-41(49)44-42(40)50/h1-3,6-7,9-12,14-19,28-29,40,48H,4-5,8,13,20-27,30H2,(H,44,49,50)/b34-28-/t40-/m0/s1. The van der Waals surface area contributed by atoms with Gasteiger partial charge in [0.25, 0.3) is 5.91 Å². The Morgan fingerprint density at radius 1 is 0.865 bits per heavy atom. The molecular formula is C43H46N4O5. The molecule has 4 aromatic rings. The fraction of sp³-hybridized carbons (Fsp3) is 0.326. The van der Waals surface area contributed by atoms with Crippen LogP contribution in [0.15, 0.2) is 97.1 Å². The van der Waals surface area contributed by atoms with E-state index in [2.05, 4.69) is 75.8 Å². The number of phenolic OH excluding ortho intramolecular Hbond substituents is 1. The van der Waals surface area contributed by atoms with Crippen molar-refractivity contribution in [1.29, 1.82) is 0 Å². The summed E-state index contributed by atoms with van der Waals surface area (Å²) in [6, 6.07) is 31.7. The van der Waals surface area contributed by atoms with Gasteiger partial charge < -0.3 is 19.6 Å². The molecule has 0 saturated carbocycles. The number of hydrogen-bond acceptors (Lipinski definition) is 7. The minimum atomic E-state index is -0.591. The van der Waals surface area contributed by atoms with E-state index in [0.29, 0.717) is 25.1 Å². The smallest absolute Gasteiger partial charge is 0.255 e. The van der Waals surface area contributed by atoms with Crippen molar-refractivity contribution in [2.75, 3.05) is 44.2 Å². The number of carbonyl (C=O) groups is 3. The van der Waals surface area contributed by atoms with E-state index in [4.69, 9.17) is 4.74 Å². The maximum atomic E-state index is 13.1. The van der Waals surface area contributed by atoms with Gasteiger partial charge in [-0.25, -0.2) is 0 Å². The number of benzene rings is 4. The summed E-state index contributed by atoms with van der Waals surface area (Å²) in [4.78, 5) is 43.5. The number of phenols is 1. The quantitative estimate of drug-likeness (QED) is 0.0960. The first-order chi connectivity index (χ1) is 25.4. The number of hydrogen-bond donors (Lipinski definition) is 2. The summed E-state index contributed by atoms with van der Waals surface area (Å²) in [5.41, 5.74) is 7.52. The van der Waals surface area contributed by atoms with Crippen LogP contribution in [0.5, 0.6) is 11.5 Å². The number of anilines is 1. The Morgan fingerprint density at radius 2 is 1.63 bits per heavy atom. The zero-order chi connectivity index (χ0) is 35.9. The van der Waals surface area contributed by atoms with E-state index in [-0.39, 0.29) is 29.9 Å². The molecule has 0 bridgehead atoms. The lowest BCUT2D eigenvalue weighted by Crippen LogP contribution is -2.52. The van der Waals surface area contributed by atoms with Crippen molar-refractivity contribution in [1.82, 2.24) is 15.1 Å². The van der Waals surface area contributed by atoms with E-state index in [0.717, 1.165) is 81.0 Å². The van der Waals surface area contributed by atoms with Gasteiger partial charge in [-0.1, -0.05) is 60.7 Å². The van der Waals surface area contributed by atoms with Crippen molar-refractivity contribution in [3.05, 3.63) is 125 Å². The van der Waals surface area contributed by atoms with Crippen molar-refractivity contribution >= 4 is 35.1 Å². The molecule has 0 aromatic heterocycles. The number of piperidine rings is 1. The number of fused-ring (bicyclic) bond motifs is 1. The van der Waals surface area contributed by atoms with E-state index >= 15 is 0 Å². The zero-order valence-corrected chi connectivity index (χ0v) is 29.5. The molecule has 1 atom stereocenters. The number of ether oxygens (including phenoxy) is 1. The van der Waals surface area contributed by atoms with Crippen molar-refractivity contribution in [2.24, 2.45) is 0 Å². The number of aromatic hydroxyl groups is 1. The van der Waals surface area contributed by atoms with Gasteiger partial charge in [0.1, 0.15) is 17.5 Å². The predicted octanol–water partition coefficient (Wildman–Crippen LogP) is 6.31. The minimum Gasteiger partial charge on any atom is -0.508 e. The zero-order valence-electron chi connectivity index (χ0n) is 29.5. The Hall–Kier alpha value is -5.41. The third kappa shape index (κ3) is 8.54. The topological polar surface area (TPSA) is 102 Å². The van der Waals surface area contributed by atoms with Crippen LogP contribution in [0.1, 0.15) is 64.7 Å². The van der Waals surface area contributed by atoms with Crippen LogP contribution in [-0.4, -0.2) is 78.0 Å². The largest absolute Gasteiger partial charge is 0.508 e. The highest BCUT2D eigenvalue weighted by molar-refractivity contribution is 6.05. The molecule has 268 valence electrons. The highest BCUT2D eigenvalue weighted by atomic mass is 16.5. The van der Waals surface area contributed by atoms with Crippen LogP contribution in [-0.2, 0) is 22.6 Å². The van der Waals surface area contributed by atoms with E-state index in [1.54, 1.807) is 17.0 Å². The fourth-order valence-electron chi connectivity index (χ4n) is 7.37. The van der Waals surface area contributed by atoms with Crippen LogP contribution in [0.25, 0.3) is 11.6 Å². The molecule has 52 heavy (non-hydrogen) atoms. The predicted molar refractivity (Wildman–Crippen MR) is 203 cm³/mol. The molecule has 0 aliphatic carbocycles. The van der Waals surface area contributed by atoms with Crippen LogP contribution >= 0.6 is 0 Å². The molecule has 7 rings (SSSR count). The average molecular weight is 699 g/mol. The molecule has 9 heteroatoms. The Morgan fingerprint density at radius 3 is 2.38 bits per heavy atom. The SMILES string of the molecule is O=C1CC[C@H](N2Cc3cc(N4CCN(CCCCOc5ccc(/C=C(/CCc6ccc(O)cc6)c6ccccc6)cc5)CC4)ccc3C2=O)C(=O)N1. The molecule has 3 heterocycles. The monoisotopic (exact) mass is 698 g/mol. The third-order valence-corrected chi connectivity index (χ3v) is 10.4. The molecular weight excluding hydrogens is 652 g/mol. The lowest BCUT2D eigenvalue weighted by molar-refractivity contribution is -0.136. The van der Waals surface area contributed by atoms with E-state index in [1.807, 2.05) is 30.3 Å². The Labute approximate surface area is 305 Å². The first kappa shape index (κ1) is 35.0. The fourth-order valence-corrected chi connectivity index (χ4v) is 7.37. The second kappa shape index (κ2) is 16.3. The number of rotatable bonds is 13. The molecule has 3 aliphatic rings. The molecule has 2 fully saturated rings. The van der Waals surface area contributed by atoms with Crippen LogP contribution in [0, 0.1) is 0 Å². The van der Waals surface area contributed by atoms with Crippen molar-refractivity contribution in [2.45, 2.75) is 51.1 Å². The first-order valence-corrected chi connectivity index (χ1v) is 18.4. The number of amides is 3. The van der Waals surface area contributed by atoms with Gasteiger partial charge in [-0.2, -0.15) is 0 Å². The van der Waals surface area contributed by atoms with Crippen molar-refractivity contribution < 1.29 is 24.2 Å². The van der Waals surface area contributed by atoms with Crippen LogP contribution in [0.3, 0.4) is 0 Å². The number of allylic oxidation sites excluding steroid dienone is 1. The second-order valence-corrected chi connectivity index (χ2v) is 13.9. The number of piperazine rings is 1. The van der Waals surface area contributed by atoms with E-state index < -0.39 is 6.04 Å². The second-order valence-electron chi connectivity index (χ2n) is 13.9. The van der Waals surface area contributed by atoms with Gasteiger partial charge in [-0.3, -0.25) is 24.6 Å². The summed E-state index contributed by atoms with van der Waals surface area (Å²) in [6.45, 7) is 5.92. The molecule has 0 spiro atoms. The summed E-state index contributed by atoms with van der Waals surface area (Å²) in [7, 11) is 0. The summed E-state index contributed by atoms with van der Waals surface area (Å²) >= 11 is 0. The average Bonchev–Trinajstić information content (AvgIpc) is 3.49.